The molecule has 31 heavy (non-hydrogen) atoms. The second-order valence-corrected chi connectivity index (χ2v) is 12.4. The number of amides is 1. The minimum absolute atomic E-state index is 0.115. The van der Waals surface area contributed by atoms with Gasteiger partial charge in [-0.3, -0.25) is 0 Å². The van der Waals surface area contributed by atoms with Crippen molar-refractivity contribution in [1.82, 2.24) is 10.2 Å². The third kappa shape index (κ3) is 5.42. The Morgan fingerprint density at radius 3 is 1.55 bits per heavy atom. The van der Waals surface area contributed by atoms with Crippen LogP contribution < -0.4 is 21.2 Å². The summed E-state index contributed by atoms with van der Waals surface area (Å²) in [6, 6.07) is 33.0. The normalized spacial score (nSPS) is 12.9. The molecule has 3 rings (SSSR count). The first-order valence-electron chi connectivity index (χ1n) is 11.1. The molecule has 3 aromatic carbocycles. The summed E-state index contributed by atoms with van der Waals surface area (Å²) in [6.45, 7) is 0. The van der Waals surface area contributed by atoms with Crippen molar-refractivity contribution in [3.05, 3.63) is 91.0 Å². The van der Waals surface area contributed by atoms with Crippen LogP contribution in [0.5, 0.6) is 0 Å². The maximum absolute atomic E-state index is 12.4. The molecule has 0 spiro atoms. The van der Waals surface area contributed by atoms with Crippen molar-refractivity contribution < 1.29 is 4.79 Å². The average molecular weight is 435 g/mol. The molecule has 3 nitrogen and oxygen atoms in total. The maximum atomic E-state index is 12.4. The summed E-state index contributed by atoms with van der Waals surface area (Å²) in [5.74, 6) is 0.153. The van der Waals surface area contributed by atoms with E-state index >= 15 is 0 Å². The minimum atomic E-state index is -2.17. The molecule has 0 bridgehead atoms. The van der Waals surface area contributed by atoms with Gasteiger partial charge in [0.25, 0.3) is 0 Å². The number of carbonyl (C=O) groups excluding carboxylic acids is 1. The molecule has 0 fully saturated rings. The van der Waals surface area contributed by atoms with Gasteiger partial charge in [-0.15, -0.1) is 0 Å². The number of nitrogens with one attached hydrogen (secondary N) is 1. The molecule has 1 atom stereocenters. The van der Waals surface area contributed by atoms with Crippen molar-refractivity contribution in [3.8, 4) is 0 Å². The molecule has 164 valence electrons. The van der Waals surface area contributed by atoms with Crippen LogP contribution in [-0.2, 0) is 4.79 Å². The summed E-state index contributed by atoms with van der Waals surface area (Å²) in [6.07, 6.45) is 4.09. The van der Waals surface area contributed by atoms with Crippen LogP contribution in [0.4, 0.5) is 0 Å². The molecule has 0 aliphatic rings. The molecule has 0 heterocycles. The first-order chi connectivity index (χ1) is 15.1. The van der Waals surface area contributed by atoms with Gasteiger partial charge in [0.15, 0.2) is 0 Å². The Kier molecular flexibility index (Phi) is 8.40. The Hall–Kier alpha value is -2.48. The fourth-order valence-corrected chi connectivity index (χ4v) is 9.47. The van der Waals surface area contributed by atoms with Crippen LogP contribution in [0.25, 0.3) is 0 Å². The zero-order chi connectivity index (χ0) is 22.1. The standard InChI is InChI=1S/C27H35N2OP/c1-28-26(27(30)29(2)3)21-13-14-22-31(23-15-7-4-8-16-23,24-17-9-5-10-18-24)25-19-11-6-12-20-25/h4-12,15-20,26,28,31H,13-14,21-22H2,1-3H3. The van der Waals surface area contributed by atoms with E-state index in [-0.39, 0.29) is 11.9 Å². The van der Waals surface area contributed by atoms with Crippen LogP contribution in [-0.4, -0.2) is 44.2 Å². The van der Waals surface area contributed by atoms with Crippen LogP contribution in [0.15, 0.2) is 91.0 Å². The predicted molar refractivity (Wildman–Crippen MR) is 137 cm³/mol. The molecule has 1 unspecified atom stereocenters. The molecular weight excluding hydrogens is 399 g/mol. The molecule has 1 amide bonds. The SMILES string of the molecule is CNC(CCCC[PH](c1ccccc1)(c1ccccc1)c1ccccc1)C(=O)N(C)C. The van der Waals surface area contributed by atoms with Crippen molar-refractivity contribution in [2.75, 3.05) is 27.3 Å². The van der Waals surface area contributed by atoms with E-state index in [9.17, 15) is 4.79 Å². The molecule has 0 saturated heterocycles. The van der Waals surface area contributed by atoms with Gasteiger partial charge in [-0.1, -0.05) is 0 Å². The number of hydrogen-bond donors (Lipinski definition) is 1. The Balaban J connectivity index is 1.92. The van der Waals surface area contributed by atoms with E-state index in [1.165, 1.54) is 15.9 Å². The Bertz CT molecular complexity index is 833. The second kappa shape index (κ2) is 11.2. The molecule has 0 saturated carbocycles. The quantitative estimate of drug-likeness (QED) is 0.391. The first kappa shape index (κ1) is 23.2. The monoisotopic (exact) mass is 434 g/mol. The van der Waals surface area contributed by atoms with Crippen LogP contribution in [0.1, 0.15) is 19.3 Å². The summed E-state index contributed by atoms with van der Waals surface area (Å²) in [5.41, 5.74) is 0. The van der Waals surface area contributed by atoms with Crippen molar-refractivity contribution in [2.45, 2.75) is 25.3 Å². The van der Waals surface area contributed by atoms with E-state index in [0.717, 1.165) is 25.4 Å². The van der Waals surface area contributed by atoms with Gasteiger partial charge in [0.05, 0.1) is 0 Å². The molecule has 0 aliphatic heterocycles. The number of carbonyl (C=O) groups is 1. The van der Waals surface area contributed by atoms with Crippen molar-refractivity contribution >= 4 is 29.1 Å². The van der Waals surface area contributed by atoms with Gasteiger partial charge in [0, 0.05) is 0 Å². The van der Waals surface area contributed by atoms with Gasteiger partial charge in [0.2, 0.25) is 0 Å². The fourth-order valence-electron chi connectivity index (χ4n) is 4.54. The van der Waals surface area contributed by atoms with E-state index in [4.69, 9.17) is 0 Å². The van der Waals surface area contributed by atoms with E-state index in [2.05, 4.69) is 96.3 Å². The van der Waals surface area contributed by atoms with Crippen LogP contribution in [0.3, 0.4) is 0 Å². The molecule has 0 aromatic heterocycles. The average Bonchev–Trinajstić information content (AvgIpc) is 2.83. The number of benzene rings is 3. The molecular formula is C27H35N2OP. The summed E-state index contributed by atoms with van der Waals surface area (Å²) in [7, 11) is 3.36. The van der Waals surface area contributed by atoms with Gasteiger partial charge >= 0.3 is 188 Å². The predicted octanol–water partition coefficient (Wildman–Crippen LogP) is 3.56. The van der Waals surface area contributed by atoms with Crippen molar-refractivity contribution in [1.29, 1.82) is 0 Å². The number of rotatable bonds is 10. The van der Waals surface area contributed by atoms with Gasteiger partial charge < -0.3 is 0 Å². The fraction of sp³-hybridized carbons (Fsp3) is 0.296. The summed E-state index contributed by atoms with van der Waals surface area (Å²) in [4.78, 5) is 14.1. The second-order valence-electron chi connectivity index (χ2n) is 8.32. The van der Waals surface area contributed by atoms with E-state index in [1.54, 1.807) is 4.90 Å². The zero-order valence-electron chi connectivity index (χ0n) is 18.9. The molecule has 1 N–H and O–H groups in total. The summed E-state index contributed by atoms with van der Waals surface area (Å²) in [5, 5.41) is 7.53. The first-order valence-corrected chi connectivity index (χ1v) is 13.4. The van der Waals surface area contributed by atoms with Crippen molar-refractivity contribution in [3.63, 3.8) is 0 Å². The summed E-state index contributed by atoms with van der Waals surface area (Å²) >= 11 is 0. The molecule has 0 aliphatic carbocycles. The Morgan fingerprint density at radius 2 is 1.19 bits per heavy atom. The van der Waals surface area contributed by atoms with Gasteiger partial charge in [-0.2, -0.15) is 0 Å². The van der Waals surface area contributed by atoms with Gasteiger partial charge in [-0.05, 0) is 0 Å². The van der Waals surface area contributed by atoms with Crippen LogP contribution >= 0.6 is 7.26 Å². The summed E-state index contributed by atoms with van der Waals surface area (Å²) < 4.78 is 0. The van der Waals surface area contributed by atoms with E-state index < -0.39 is 7.26 Å². The third-order valence-corrected chi connectivity index (χ3v) is 11.2. The van der Waals surface area contributed by atoms with Gasteiger partial charge in [0.1, 0.15) is 0 Å². The van der Waals surface area contributed by atoms with Crippen LogP contribution in [0.2, 0.25) is 0 Å². The molecule has 3 aromatic rings. The van der Waals surface area contributed by atoms with E-state index in [1.807, 2.05) is 21.1 Å². The topological polar surface area (TPSA) is 32.3 Å². The van der Waals surface area contributed by atoms with E-state index in [0.29, 0.717) is 0 Å². The number of hydrogen-bond acceptors (Lipinski definition) is 2. The number of unbranched alkanes of at least 4 members (excludes halogenated alkanes) is 1. The van der Waals surface area contributed by atoms with Crippen LogP contribution in [0, 0.1) is 0 Å². The van der Waals surface area contributed by atoms with Gasteiger partial charge in [-0.25, -0.2) is 0 Å². The molecule has 0 radical (unpaired) electrons. The number of likely N-dealkylation sites (N-methyl/N-ethyl adjacent to an activating group) is 2. The Morgan fingerprint density at radius 1 is 0.774 bits per heavy atom. The number of nitrogens with zero attached hydrogens (tertiary/aromatic N) is 1. The molecule has 4 heteroatoms. The third-order valence-electron chi connectivity index (χ3n) is 6.18. The Labute approximate surface area is 187 Å². The van der Waals surface area contributed by atoms with Crippen molar-refractivity contribution in [2.24, 2.45) is 0 Å². The zero-order valence-corrected chi connectivity index (χ0v) is 19.9.